The molecule has 0 saturated heterocycles. The van der Waals surface area contributed by atoms with Gasteiger partial charge in [-0.25, -0.2) is 0 Å². The Morgan fingerprint density at radius 1 is 0.327 bits per heavy atom. The maximum absolute atomic E-state index is 12.7. The average Bonchev–Trinajstić information content (AvgIpc) is 3.05. The summed E-state index contributed by atoms with van der Waals surface area (Å²) in [6.45, 7) is 0. The summed E-state index contributed by atoms with van der Waals surface area (Å²) in [5, 5.41) is 51.0. The van der Waals surface area contributed by atoms with E-state index in [0.29, 0.717) is 0 Å². The molecule has 0 aliphatic heterocycles. The Hall–Kier alpha value is -2.45. The van der Waals surface area contributed by atoms with Crippen LogP contribution in [-0.4, -0.2) is 24.9 Å². The summed E-state index contributed by atoms with van der Waals surface area (Å²) in [7, 11) is 0. The van der Waals surface area contributed by atoms with Crippen molar-refractivity contribution in [2.45, 2.75) is 0 Å². The molecule has 5 rings (SSSR count). The summed E-state index contributed by atoms with van der Waals surface area (Å²) in [5.74, 6) is -2.15. The molecule has 0 amide bonds. The van der Waals surface area contributed by atoms with Gasteiger partial charge in [-0.15, -0.1) is 0 Å². The third kappa shape index (κ3) is 10.8. The molecular formula is C34H14Cl8N4O4Zn2. The van der Waals surface area contributed by atoms with Crippen LogP contribution < -0.4 is 20.4 Å². The number of nitrogens with zero attached hydrogens (tertiary/aromatic N) is 4. The quantitative estimate of drug-likeness (QED) is 0.113. The van der Waals surface area contributed by atoms with Crippen LogP contribution in [0.15, 0.2) is 80.6 Å². The van der Waals surface area contributed by atoms with Gasteiger partial charge in [-0.1, -0.05) is 116 Å². The fraction of sp³-hybridized carbons (Fsp3) is 0. The van der Waals surface area contributed by atoms with E-state index in [2.05, 4.69) is 20.0 Å². The molecule has 0 aromatic heterocycles. The maximum Gasteiger partial charge on any atom is 2.00 e. The molecule has 0 bridgehead atoms. The molecule has 0 saturated carbocycles. The minimum atomic E-state index is -0.539. The first kappa shape index (κ1) is 43.9. The number of hydrogen-bond donors (Lipinski definition) is 0. The topological polar surface area (TPSA) is 142 Å². The van der Waals surface area contributed by atoms with Crippen molar-refractivity contribution in [3.05, 3.63) is 123 Å². The van der Waals surface area contributed by atoms with Gasteiger partial charge in [0.1, 0.15) is 0 Å². The number of halogens is 8. The van der Waals surface area contributed by atoms with Gasteiger partial charge in [-0.3, -0.25) is 20.0 Å². The molecule has 5 aromatic carbocycles. The summed E-state index contributed by atoms with van der Waals surface area (Å²) in [4.78, 5) is 17.8. The van der Waals surface area contributed by atoms with Crippen LogP contribution in [0.4, 0.5) is 22.7 Å². The molecule has 0 fully saturated rings. The molecule has 5 aromatic rings. The molecule has 8 nitrogen and oxygen atoms in total. The molecular weight excluding hydrogens is 943 g/mol. The van der Waals surface area contributed by atoms with Crippen molar-refractivity contribution in [1.29, 1.82) is 0 Å². The van der Waals surface area contributed by atoms with E-state index in [-0.39, 0.29) is 124 Å². The van der Waals surface area contributed by atoms with Gasteiger partial charge in [0.05, 0.1) is 22.7 Å². The number of rotatable bonds is 8. The van der Waals surface area contributed by atoms with E-state index in [4.69, 9.17) is 92.8 Å². The van der Waals surface area contributed by atoms with Crippen LogP contribution in [0.5, 0.6) is 23.0 Å². The van der Waals surface area contributed by atoms with Gasteiger partial charge in [0.2, 0.25) is 0 Å². The van der Waals surface area contributed by atoms with Crippen molar-refractivity contribution in [2.75, 3.05) is 0 Å². The van der Waals surface area contributed by atoms with Crippen LogP contribution in [0.2, 0.25) is 40.2 Å². The van der Waals surface area contributed by atoms with Crippen LogP contribution in [0, 0.1) is 0 Å². The van der Waals surface area contributed by atoms with E-state index in [1.165, 1.54) is 85.5 Å². The molecule has 0 N–H and O–H groups in total. The van der Waals surface area contributed by atoms with Crippen molar-refractivity contribution < 1.29 is 59.4 Å². The van der Waals surface area contributed by atoms with E-state index in [1.54, 1.807) is 0 Å². The molecule has 0 heterocycles. The van der Waals surface area contributed by atoms with Gasteiger partial charge in [-0.05, 0) is 82.9 Å². The van der Waals surface area contributed by atoms with E-state index in [9.17, 15) is 20.4 Å². The van der Waals surface area contributed by atoms with Crippen LogP contribution in [-0.2, 0) is 39.0 Å². The predicted octanol–water partition coefficient (Wildman–Crippen LogP) is 10.2. The van der Waals surface area contributed by atoms with Gasteiger partial charge >= 0.3 is 39.0 Å². The fourth-order valence-electron chi connectivity index (χ4n) is 4.23. The Bertz CT molecular complexity index is 1980. The molecule has 0 spiro atoms. The SMILES string of the molecule is [O-]c1c(Cl)cc(Cl)cc1C=Nc1cc(N=Cc2cc(Cl)cc(Cl)c2[O-])c(N=Cc2cc(Cl)cc(Cl)c2[O-])cc1N=Cc1cc(Cl)cc(Cl)c1[O-].[Zn+2].[Zn+2]. The molecule has 18 heteroatoms. The second kappa shape index (κ2) is 19.2. The van der Waals surface area contributed by atoms with E-state index < -0.39 is 23.0 Å². The van der Waals surface area contributed by atoms with E-state index >= 15 is 0 Å². The zero-order valence-electron chi connectivity index (χ0n) is 25.9. The van der Waals surface area contributed by atoms with Gasteiger partial charge in [-0.2, -0.15) is 0 Å². The van der Waals surface area contributed by atoms with Crippen molar-refractivity contribution in [2.24, 2.45) is 20.0 Å². The zero-order chi connectivity index (χ0) is 36.3. The summed E-state index contributed by atoms with van der Waals surface area (Å²) in [5.41, 5.74) is 0.625. The van der Waals surface area contributed by atoms with Gasteiger partial charge < -0.3 is 20.4 Å². The number of aliphatic imine (C=N–C) groups is 4. The van der Waals surface area contributed by atoms with Crippen LogP contribution in [0.1, 0.15) is 22.3 Å². The molecule has 0 atom stereocenters. The Labute approximate surface area is 362 Å². The minimum Gasteiger partial charge on any atom is -0.871 e. The average molecular weight is 957 g/mol. The van der Waals surface area contributed by atoms with Crippen molar-refractivity contribution in [3.63, 3.8) is 0 Å². The van der Waals surface area contributed by atoms with Crippen LogP contribution in [0.25, 0.3) is 0 Å². The Balaban J connectivity index is 0.00000364. The second-order valence-electron chi connectivity index (χ2n) is 10.1. The summed E-state index contributed by atoms with van der Waals surface area (Å²) >= 11 is 48.6. The molecule has 0 unspecified atom stereocenters. The Kier molecular flexibility index (Phi) is 16.3. The van der Waals surface area contributed by atoms with Crippen LogP contribution in [0.3, 0.4) is 0 Å². The molecule has 0 aliphatic rings. The molecule has 52 heavy (non-hydrogen) atoms. The zero-order valence-corrected chi connectivity index (χ0v) is 37.9. The third-order valence-electron chi connectivity index (χ3n) is 6.59. The summed E-state index contributed by atoms with van der Waals surface area (Å²) < 4.78 is 0. The summed E-state index contributed by atoms with van der Waals surface area (Å²) in [6, 6.07) is 13.5. The minimum absolute atomic E-state index is 0. The largest absolute Gasteiger partial charge is 2.00 e. The fourth-order valence-corrected chi connectivity index (χ4v) is 6.27. The Morgan fingerprint density at radius 3 is 0.712 bits per heavy atom. The molecule has 254 valence electrons. The standard InChI is InChI=1S/C34H18Cl8N4O4.2Zn/c35-19-1-15(31(47)23(39)5-19)11-43-27-9-29(45-13-17-3-21(37)7-25(41)33(17)49)30(46-14-18-4-22(38)8-26(42)34(18)50)10-28(27)44-12-16-2-20(36)6-24(40)32(16)48;;/h1-14,47-50H;;/q;2*+2/p-4. The van der Waals surface area contributed by atoms with Crippen LogP contribution >= 0.6 is 92.8 Å². The van der Waals surface area contributed by atoms with Gasteiger partial charge in [0, 0.05) is 65.0 Å². The van der Waals surface area contributed by atoms with Crippen molar-refractivity contribution in [1.82, 2.24) is 0 Å². The first-order valence-electron chi connectivity index (χ1n) is 13.7. The van der Waals surface area contributed by atoms with Crippen molar-refractivity contribution in [3.8, 4) is 23.0 Å². The summed E-state index contributed by atoms with van der Waals surface area (Å²) in [6.07, 6.45) is 4.85. The second-order valence-corrected chi connectivity index (χ2v) is 13.5. The predicted molar refractivity (Wildman–Crippen MR) is 199 cm³/mol. The molecule has 0 radical (unpaired) electrons. The monoisotopic (exact) mass is 950 g/mol. The van der Waals surface area contributed by atoms with Gasteiger partial charge in [0.15, 0.2) is 0 Å². The maximum atomic E-state index is 12.7. The third-order valence-corrected chi connectivity index (χ3v) is 8.59. The first-order chi connectivity index (χ1) is 23.7. The first-order valence-corrected chi connectivity index (χ1v) is 16.7. The smallest absolute Gasteiger partial charge is 0.871 e. The Morgan fingerprint density at radius 2 is 0.519 bits per heavy atom. The number of hydrogen-bond acceptors (Lipinski definition) is 8. The number of benzene rings is 5. The van der Waals surface area contributed by atoms with Crippen molar-refractivity contribution >= 4 is 140 Å². The molecule has 0 aliphatic carbocycles. The normalized spacial score (nSPS) is 11.5. The van der Waals surface area contributed by atoms with E-state index in [0.717, 1.165) is 0 Å². The van der Waals surface area contributed by atoms with E-state index in [1.807, 2.05) is 0 Å². The van der Waals surface area contributed by atoms with Gasteiger partial charge in [0.25, 0.3) is 0 Å².